The Bertz CT molecular complexity index is 896. The quantitative estimate of drug-likeness (QED) is 0.542. The van der Waals surface area contributed by atoms with Crippen molar-refractivity contribution in [3.8, 4) is 0 Å². The molecular formula is C26H36F2O7. The Kier molecular flexibility index (Phi) is 4.92. The summed E-state index contributed by atoms with van der Waals surface area (Å²) in [6.45, 7) is 2.15. The maximum atomic E-state index is 13.6. The Hall–Kier alpha value is -1.32. The third-order valence-electron chi connectivity index (χ3n) is 10.2. The number of esters is 2. The summed E-state index contributed by atoms with van der Waals surface area (Å²) in [5, 5.41) is 22.4. The van der Waals surface area contributed by atoms with Crippen LogP contribution < -0.4 is 0 Å². The second-order valence-corrected chi connectivity index (χ2v) is 13.4. The monoisotopic (exact) mass is 498 g/mol. The molecule has 8 aliphatic rings. The van der Waals surface area contributed by atoms with Gasteiger partial charge in [0.25, 0.3) is 0 Å². The van der Waals surface area contributed by atoms with Crippen molar-refractivity contribution in [3.05, 3.63) is 0 Å². The van der Waals surface area contributed by atoms with Gasteiger partial charge in [0.05, 0.1) is 16.8 Å². The summed E-state index contributed by atoms with van der Waals surface area (Å²) in [6.07, 6.45) is 5.99. The zero-order chi connectivity index (χ0) is 25.1. The molecule has 7 nitrogen and oxygen atoms in total. The maximum absolute atomic E-state index is 13.6. The molecule has 0 radical (unpaired) electrons. The number of rotatable bonds is 6. The van der Waals surface area contributed by atoms with E-state index >= 15 is 0 Å². The van der Waals surface area contributed by atoms with Crippen LogP contribution in [0.1, 0.15) is 84.5 Å². The summed E-state index contributed by atoms with van der Waals surface area (Å²) >= 11 is 0. The fraction of sp³-hybridized carbons (Fsp3) is 0.923. The highest BCUT2D eigenvalue weighted by molar-refractivity contribution is 5.77. The number of hydrogen-bond acceptors (Lipinski definition) is 7. The molecule has 196 valence electrons. The summed E-state index contributed by atoms with van der Waals surface area (Å²) < 4.78 is 44.7. The van der Waals surface area contributed by atoms with E-state index in [2.05, 4.69) is 0 Å². The van der Waals surface area contributed by atoms with Crippen LogP contribution in [0.4, 0.5) is 8.78 Å². The minimum absolute atomic E-state index is 0.0382. The first-order chi connectivity index (χ1) is 16.1. The average molecular weight is 499 g/mol. The Morgan fingerprint density at radius 1 is 0.829 bits per heavy atom. The lowest BCUT2D eigenvalue weighted by Gasteiger charge is -2.66. The molecule has 0 aliphatic heterocycles. The van der Waals surface area contributed by atoms with Crippen molar-refractivity contribution in [3.63, 3.8) is 0 Å². The largest absolute Gasteiger partial charge is 0.457 e. The number of ether oxygens (including phenoxy) is 3. The highest BCUT2D eigenvalue weighted by Gasteiger charge is 2.71. The lowest BCUT2D eigenvalue weighted by atomic mass is 9.48. The van der Waals surface area contributed by atoms with Gasteiger partial charge in [-0.2, -0.15) is 8.78 Å². The highest BCUT2D eigenvalue weighted by atomic mass is 19.3. The van der Waals surface area contributed by atoms with E-state index in [-0.39, 0.29) is 45.1 Å². The van der Waals surface area contributed by atoms with E-state index in [0.29, 0.717) is 18.8 Å². The number of hydrogen-bond donors (Lipinski definition) is 2. The van der Waals surface area contributed by atoms with Crippen molar-refractivity contribution in [2.45, 2.75) is 118 Å². The second-order valence-electron chi connectivity index (χ2n) is 13.4. The molecule has 35 heavy (non-hydrogen) atoms. The topological polar surface area (TPSA) is 102 Å². The van der Waals surface area contributed by atoms with E-state index in [4.69, 9.17) is 14.2 Å². The minimum atomic E-state index is -3.69. The van der Waals surface area contributed by atoms with Crippen molar-refractivity contribution >= 4 is 11.9 Å². The zero-order valence-corrected chi connectivity index (χ0v) is 20.5. The Morgan fingerprint density at radius 2 is 1.34 bits per heavy atom. The van der Waals surface area contributed by atoms with Gasteiger partial charge in [-0.15, -0.1) is 0 Å². The summed E-state index contributed by atoms with van der Waals surface area (Å²) in [6, 6.07) is 0. The molecule has 2 unspecified atom stereocenters. The van der Waals surface area contributed by atoms with Crippen LogP contribution in [0.25, 0.3) is 0 Å². The van der Waals surface area contributed by atoms with Crippen LogP contribution in [0.15, 0.2) is 0 Å². The van der Waals surface area contributed by atoms with Crippen molar-refractivity contribution in [2.24, 2.45) is 23.7 Å². The Labute approximate surface area is 203 Å². The van der Waals surface area contributed by atoms with E-state index in [1.807, 2.05) is 6.92 Å². The summed E-state index contributed by atoms with van der Waals surface area (Å²) in [5.74, 6) is -3.66. The molecule has 0 spiro atoms. The normalized spacial score (nSPS) is 51.5. The Balaban J connectivity index is 1.17. The van der Waals surface area contributed by atoms with Gasteiger partial charge in [0.1, 0.15) is 17.8 Å². The van der Waals surface area contributed by atoms with E-state index < -0.39 is 45.9 Å². The molecule has 0 aromatic rings. The number of alkyl halides is 2. The molecule has 0 aromatic carbocycles. The third kappa shape index (κ3) is 3.91. The number of aliphatic hydroxyl groups is 2. The van der Waals surface area contributed by atoms with Crippen LogP contribution in [0.3, 0.4) is 0 Å². The molecule has 0 saturated heterocycles. The fourth-order valence-electron chi connectivity index (χ4n) is 9.67. The lowest BCUT2D eigenvalue weighted by Crippen LogP contribution is -2.73. The first-order valence-corrected chi connectivity index (χ1v) is 13.0. The highest BCUT2D eigenvalue weighted by Crippen LogP contribution is 2.64. The molecule has 8 bridgehead atoms. The maximum Gasteiger partial charge on any atom is 0.377 e. The average Bonchev–Trinajstić information content (AvgIpc) is 2.66. The first-order valence-electron chi connectivity index (χ1n) is 13.0. The van der Waals surface area contributed by atoms with Crippen molar-refractivity contribution in [1.29, 1.82) is 0 Å². The van der Waals surface area contributed by atoms with Crippen LogP contribution in [-0.2, 0) is 23.8 Å². The predicted octanol–water partition coefficient (Wildman–Crippen LogP) is 3.28. The molecule has 9 heteroatoms. The molecule has 0 amide bonds. The molecule has 2 N–H and O–H groups in total. The SMILES string of the molecule is CC(F)(F)C(=O)OC12CC3(O)CC(O)(CC(OCC(=O)OC4(C)C5CC6CC(C5)CC4C6)(C3)C1)C2. The fourth-order valence-corrected chi connectivity index (χ4v) is 9.67. The summed E-state index contributed by atoms with van der Waals surface area (Å²) in [5.41, 5.74) is -5.99. The molecule has 8 rings (SSSR count). The number of halogens is 2. The van der Waals surface area contributed by atoms with Gasteiger partial charge >= 0.3 is 17.9 Å². The predicted molar refractivity (Wildman–Crippen MR) is 117 cm³/mol. The zero-order valence-electron chi connectivity index (χ0n) is 20.5. The van der Waals surface area contributed by atoms with Crippen LogP contribution in [-0.4, -0.2) is 62.7 Å². The van der Waals surface area contributed by atoms with Gasteiger partial charge in [0, 0.05) is 45.4 Å². The Morgan fingerprint density at radius 3 is 1.86 bits per heavy atom. The molecule has 2 atom stereocenters. The van der Waals surface area contributed by atoms with Crippen LogP contribution >= 0.6 is 0 Å². The third-order valence-corrected chi connectivity index (χ3v) is 10.2. The molecule has 8 saturated carbocycles. The van der Waals surface area contributed by atoms with Gasteiger partial charge in [0.2, 0.25) is 0 Å². The van der Waals surface area contributed by atoms with Gasteiger partial charge in [-0.1, -0.05) is 0 Å². The van der Waals surface area contributed by atoms with E-state index in [0.717, 1.165) is 37.5 Å². The lowest BCUT2D eigenvalue weighted by molar-refractivity contribution is -0.314. The molecule has 0 heterocycles. The van der Waals surface area contributed by atoms with Crippen LogP contribution in [0.2, 0.25) is 0 Å². The van der Waals surface area contributed by atoms with E-state index in [1.165, 1.54) is 6.42 Å². The molecule has 8 fully saturated rings. The van der Waals surface area contributed by atoms with Gasteiger partial charge in [-0.25, -0.2) is 9.59 Å². The summed E-state index contributed by atoms with van der Waals surface area (Å²) in [7, 11) is 0. The van der Waals surface area contributed by atoms with Gasteiger partial charge < -0.3 is 24.4 Å². The van der Waals surface area contributed by atoms with Crippen molar-refractivity contribution in [1.82, 2.24) is 0 Å². The number of carbonyl (C=O) groups is 2. The standard InChI is InChI=1S/C26H36F2O7/c1-21(17-4-15-3-16(6-17)7-18(21)5-15)34-19(29)8-33-25-10-23(31)9-24(32,11-25)13-26(12-23,14-25)35-20(30)22(2,27)28/h15-18,31-32H,3-14H2,1-2H3. The van der Waals surface area contributed by atoms with Gasteiger partial charge in [-0.3, -0.25) is 0 Å². The van der Waals surface area contributed by atoms with Crippen LogP contribution in [0.5, 0.6) is 0 Å². The van der Waals surface area contributed by atoms with E-state index in [9.17, 15) is 28.6 Å². The smallest absolute Gasteiger partial charge is 0.377 e. The van der Waals surface area contributed by atoms with Crippen molar-refractivity contribution < 1.29 is 42.8 Å². The number of carbonyl (C=O) groups excluding carboxylic acids is 2. The van der Waals surface area contributed by atoms with Gasteiger partial charge in [0.15, 0.2) is 0 Å². The molecular weight excluding hydrogens is 462 g/mol. The van der Waals surface area contributed by atoms with Crippen molar-refractivity contribution in [2.75, 3.05) is 6.61 Å². The first kappa shape index (κ1) is 24.0. The molecule has 0 aromatic heterocycles. The molecule has 8 aliphatic carbocycles. The second kappa shape index (κ2) is 7.16. The van der Waals surface area contributed by atoms with Crippen LogP contribution in [0, 0.1) is 23.7 Å². The van der Waals surface area contributed by atoms with Gasteiger partial charge in [-0.05, 0) is 62.7 Å². The van der Waals surface area contributed by atoms with E-state index in [1.54, 1.807) is 0 Å². The minimum Gasteiger partial charge on any atom is -0.457 e. The summed E-state index contributed by atoms with van der Waals surface area (Å²) in [4.78, 5) is 25.1.